The van der Waals surface area contributed by atoms with Crippen LogP contribution in [0.5, 0.6) is 5.75 Å². The molecule has 4 rings (SSSR count). The first-order valence-corrected chi connectivity index (χ1v) is 8.44. The number of guanidine groups is 1. The normalized spacial score (nSPS) is 28.1. The highest BCUT2D eigenvalue weighted by Gasteiger charge is 2.55. The molecule has 0 aliphatic carbocycles. The Hall–Kier alpha value is -2.34. The quantitative estimate of drug-likeness (QED) is 0.792. The van der Waals surface area contributed by atoms with Crippen molar-refractivity contribution in [2.45, 2.75) is 24.5 Å². The highest BCUT2D eigenvalue weighted by molar-refractivity contribution is 9.10. The molecule has 122 valence electrons. The molecule has 1 spiro atoms. The maximum atomic E-state index is 12.8. The number of nitrogens with zero attached hydrogens (tertiary/aromatic N) is 1. The topological polar surface area (TPSA) is 76.7 Å². The lowest BCUT2D eigenvalue weighted by molar-refractivity contribution is -0.127. The summed E-state index contributed by atoms with van der Waals surface area (Å²) in [6.45, 7) is 1.98. The van der Waals surface area contributed by atoms with Gasteiger partial charge in [-0.05, 0) is 30.7 Å². The molecule has 3 N–H and O–H groups in total. The number of halogens is 1. The van der Waals surface area contributed by atoms with E-state index in [0.29, 0.717) is 12.2 Å². The summed E-state index contributed by atoms with van der Waals surface area (Å²) in [4.78, 5) is 17.3. The number of fused-ring (bicyclic) bond motifs is 2. The van der Waals surface area contributed by atoms with Crippen LogP contribution in [-0.4, -0.2) is 11.9 Å². The van der Waals surface area contributed by atoms with Gasteiger partial charge in [0.05, 0.1) is 0 Å². The van der Waals surface area contributed by atoms with Crippen LogP contribution in [0.2, 0.25) is 0 Å². The third kappa shape index (κ3) is 2.13. The first-order valence-electron chi connectivity index (χ1n) is 7.64. The maximum Gasteiger partial charge on any atom is 0.259 e. The maximum absolute atomic E-state index is 12.8. The lowest BCUT2D eigenvalue weighted by Gasteiger charge is -2.43. The molecule has 2 heterocycles. The van der Waals surface area contributed by atoms with E-state index in [1.807, 2.05) is 55.5 Å². The van der Waals surface area contributed by atoms with Gasteiger partial charge in [-0.25, -0.2) is 4.99 Å². The Morgan fingerprint density at radius 3 is 2.67 bits per heavy atom. The number of aliphatic imine (C=N–C) groups is 1. The van der Waals surface area contributed by atoms with Crippen LogP contribution in [0.1, 0.15) is 24.5 Å². The zero-order valence-corrected chi connectivity index (χ0v) is 14.6. The van der Waals surface area contributed by atoms with E-state index < -0.39 is 11.1 Å². The fourth-order valence-corrected chi connectivity index (χ4v) is 3.90. The van der Waals surface area contributed by atoms with Gasteiger partial charge in [0.25, 0.3) is 5.91 Å². The number of carbonyl (C=O) groups excluding carboxylic acids is 1. The van der Waals surface area contributed by atoms with Crippen molar-refractivity contribution >= 4 is 27.8 Å². The number of hydrogen-bond acceptors (Lipinski definition) is 4. The molecular formula is C18H16BrN3O2. The minimum absolute atomic E-state index is 0.142. The fourth-order valence-electron chi connectivity index (χ4n) is 3.53. The van der Waals surface area contributed by atoms with Gasteiger partial charge < -0.3 is 10.5 Å². The van der Waals surface area contributed by atoms with Gasteiger partial charge in [0.15, 0.2) is 11.5 Å². The van der Waals surface area contributed by atoms with Crippen molar-refractivity contribution in [1.29, 1.82) is 0 Å². The highest BCUT2D eigenvalue weighted by atomic mass is 79.9. The van der Waals surface area contributed by atoms with E-state index in [-0.39, 0.29) is 11.9 Å². The summed E-state index contributed by atoms with van der Waals surface area (Å²) in [5, 5.41) is 2.64. The fraction of sp³-hybridized carbons (Fsp3) is 0.222. The molecule has 0 radical (unpaired) electrons. The van der Waals surface area contributed by atoms with Crippen molar-refractivity contribution in [1.82, 2.24) is 5.32 Å². The molecule has 0 bridgehead atoms. The molecule has 6 heteroatoms. The number of benzene rings is 2. The third-order valence-corrected chi connectivity index (χ3v) is 5.12. The standard InChI is InChI=1S/C18H16BrN3O2/c1-17(11-5-3-2-4-6-11)10-18(15(23)21-16(20)22-18)13-9-12(19)7-8-14(13)24-17/h2-9H,10H2,1H3,(H3,20,21,22,23)/t17-,18?/m1/s1. The number of ether oxygens (including phenoxy) is 1. The van der Waals surface area contributed by atoms with Gasteiger partial charge in [0, 0.05) is 16.5 Å². The van der Waals surface area contributed by atoms with Crippen LogP contribution in [0.15, 0.2) is 58.0 Å². The van der Waals surface area contributed by atoms with Crippen LogP contribution in [-0.2, 0) is 15.9 Å². The Labute approximate surface area is 148 Å². The monoisotopic (exact) mass is 385 g/mol. The van der Waals surface area contributed by atoms with E-state index in [9.17, 15) is 4.79 Å². The Bertz CT molecular complexity index is 868. The average Bonchev–Trinajstić information content (AvgIpc) is 2.83. The SMILES string of the molecule is C[C@]1(c2ccccc2)CC2(N=C(N)NC2=O)c2cc(Br)ccc2O1. The van der Waals surface area contributed by atoms with Crippen molar-refractivity contribution < 1.29 is 9.53 Å². The summed E-state index contributed by atoms with van der Waals surface area (Å²) in [5.41, 5.74) is 5.77. The van der Waals surface area contributed by atoms with Crippen molar-refractivity contribution in [2.24, 2.45) is 10.7 Å². The van der Waals surface area contributed by atoms with Crippen LogP contribution in [0, 0.1) is 0 Å². The first kappa shape index (κ1) is 15.2. The van der Waals surface area contributed by atoms with E-state index in [1.165, 1.54) is 0 Å². The molecule has 0 fully saturated rings. The number of nitrogens with two attached hydrogens (primary N) is 1. The van der Waals surface area contributed by atoms with Gasteiger partial charge in [0.1, 0.15) is 11.4 Å². The second-order valence-electron chi connectivity index (χ2n) is 6.33. The lowest BCUT2D eigenvalue weighted by atomic mass is 9.74. The third-order valence-electron chi connectivity index (χ3n) is 4.63. The average molecular weight is 386 g/mol. The first-order chi connectivity index (χ1) is 11.4. The number of amides is 1. The molecule has 0 saturated carbocycles. The molecule has 0 aromatic heterocycles. The Morgan fingerprint density at radius 1 is 1.25 bits per heavy atom. The van der Waals surface area contributed by atoms with E-state index in [4.69, 9.17) is 10.5 Å². The molecule has 2 atom stereocenters. The molecule has 1 amide bonds. The summed E-state index contributed by atoms with van der Waals surface area (Å²) >= 11 is 3.46. The predicted molar refractivity (Wildman–Crippen MR) is 94.6 cm³/mol. The molecule has 2 aliphatic heterocycles. The van der Waals surface area contributed by atoms with Crippen LogP contribution in [0.3, 0.4) is 0 Å². The molecule has 0 saturated heterocycles. The van der Waals surface area contributed by atoms with E-state index in [0.717, 1.165) is 15.6 Å². The Kier molecular flexibility index (Phi) is 3.22. The second kappa shape index (κ2) is 5.08. The van der Waals surface area contributed by atoms with Crippen molar-refractivity contribution in [3.8, 4) is 5.75 Å². The van der Waals surface area contributed by atoms with Crippen LogP contribution in [0.25, 0.3) is 0 Å². The van der Waals surface area contributed by atoms with Gasteiger partial charge in [-0.1, -0.05) is 46.3 Å². The number of rotatable bonds is 1. The molecule has 24 heavy (non-hydrogen) atoms. The number of nitrogens with one attached hydrogen (secondary N) is 1. The van der Waals surface area contributed by atoms with Gasteiger partial charge in [0.2, 0.25) is 0 Å². The minimum atomic E-state index is -1.08. The lowest BCUT2D eigenvalue weighted by Crippen LogP contribution is -2.48. The Morgan fingerprint density at radius 2 is 2.00 bits per heavy atom. The summed E-state index contributed by atoms with van der Waals surface area (Å²) in [6, 6.07) is 15.5. The Balaban J connectivity index is 1.94. The summed E-state index contributed by atoms with van der Waals surface area (Å²) in [5.74, 6) is 0.567. The van der Waals surface area contributed by atoms with Crippen LogP contribution in [0.4, 0.5) is 0 Å². The summed E-state index contributed by atoms with van der Waals surface area (Å²) < 4.78 is 7.18. The molecular weight excluding hydrogens is 370 g/mol. The number of hydrogen-bond donors (Lipinski definition) is 2. The second-order valence-corrected chi connectivity index (χ2v) is 7.24. The predicted octanol–water partition coefficient (Wildman–Crippen LogP) is 2.79. The van der Waals surface area contributed by atoms with Gasteiger partial charge in [-0.2, -0.15) is 0 Å². The van der Waals surface area contributed by atoms with Crippen molar-refractivity contribution in [2.75, 3.05) is 0 Å². The zero-order valence-electron chi connectivity index (χ0n) is 13.0. The zero-order chi connectivity index (χ0) is 16.9. The molecule has 2 aromatic rings. The van der Waals surface area contributed by atoms with Crippen molar-refractivity contribution in [3.05, 3.63) is 64.1 Å². The molecule has 2 aromatic carbocycles. The largest absolute Gasteiger partial charge is 0.482 e. The molecule has 1 unspecified atom stereocenters. The summed E-state index contributed by atoms with van der Waals surface area (Å²) in [6.07, 6.45) is 0.375. The summed E-state index contributed by atoms with van der Waals surface area (Å²) in [7, 11) is 0. The van der Waals surface area contributed by atoms with Crippen LogP contribution >= 0.6 is 15.9 Å². The van der Waals surface area contributed by atoms with E-state index >= 15 is 0 Å². The van der Waals surface area contributed by atoms with Gasteiger partial charge in [-0.3, -0.25) is 10.1 Å². The number of carbonyl (C=O) groups is 1. The highest BCUT2D eigenvalue weighted by Crippen LogP contribution is 2.51. The molecule has 5 nitrogen and oxygen atoms in total. The van der Waals surface area contributed by atoms with Crippen LogP contribution < -0.4 is 15.8 Å². The minimum Gasteiger partial charge on any atom is -0.482 e. The molecule has 2 aliphatic rings. The smallest absolute Gasteiger partial charge is 0.259 e. The van der Waals surface area contributed by atoms with E-state index in [2.05, 4.69) is 26.2 Å². The van der Waals surface area contributed by atoms with Gasteiger partial charge in [-0.15, -0.1) is 0 Å². The van der Waals surface area contributed by atoms with Crippen molar-refractivity contribution in [3.63, 3.8) is 0 Å². The van der Waals surface area contributed by atoms with E-state index in [1.54, 1.807) is 0 Å². The van der Waals surface area contributed by atoms with Gasteiger partial charge >= 0.3 is 0 Å².